The number of sulfonamides is 1. The lowest BCUT2D eigenvalue weighted by Crippen LogP contribution is -2.43. The van der Waals surface area contributed by atoms with E-state index in [1.807, 2.05) is 18.2 Å². The van der Waals surface area contributed by atoms with Gasteiger partial charge in [-0.3, -0.25) is 0 Å². The molecule has 0 amide bonds. The molecule has 0 saturated carbocycles. The van der Waals surface area contributed by atoms with E-state index in [1.54, 1.807) is 0 Å². The Morgan fingerprint density at radius 1 is 0.957 bits per heavy atom. The fourth-order valence-corrected chi connectivity index (χ4v) is 4.55. The van der Waals surface area contributed by atoms with E-state index in [0.29, 0.717) is 13.1 Å². The quantitative estimate of drug-likeness (QED) is 0.861. The first-order valence-electron chi connectivity index (χ1n) is 7.73. The summed E-state index contributed by atoms with van der Waals surface area (Å²) in [6, 6.07) is 15.3. The minimum absolute atomic E-state index is 0.00389. The number of hydrogen-bond acceptors (Lipinski definition) is 2. The molecule has 1 saturated heterocycles. The molecule has 0 unspecified atom stereocenters. The van der Waals surface area contributed by atoms with Crippen LogP contribution < -0.4 is 0 Å². The molecule has 3 nitrogen and oxygen atoms in total. The molecule has 0 N–H and O–H groups in total. The Balaban J connectivity index is 1.77. The maximum Gasteiger partial charge on any atom is 0.243 e. The van der Waals surface area contributed by atoms with Crippen molar-refractivity contribution >= 4 is 10.0 Å². The highest BCUT2D eigenvalue weighted by Crippen LogP contribution is 2.36. The van der Waals surface area contributed by atoms with Crippen molar-refractivity contribution < 1.29 is 12.8 Å². The van der Waals surface area contributed by atoms with E-state index in [9.17, 15) is 12.8 Å². The fraction of sp³-hybridized carbons (Fsp3) is 0.333. The van der Waals surface area contributed by atoms with Crippen LogP contribution in [0, 0.1) is 5.82 Å². The second-order valence-corrected chi connectivity index (χ2v) is 8.22. The van der Waals surface area contributed by atoms with Crippen molar-refractivity contribution in [2.75, 3.05) is 13.1 Å². The van der Waals surface area contributed by atoms with Gasteiger partial charge in [-0.1, -0.05) is 37.3 Å². The third-order valence-electron chi connectivity index (χ3n) is 4.75. The van der Waals surface area contributed by atoms with Gasteiger partial charge in [0.1, 0.15) is 5.82 Å². The lowest BCUT2D eigenvalue weighted by atomic mass is 9.75. The zero-order chi connectivity index (χ0) is 16.5. The lowest BCUT2D eigenvalue weighted by molar-refractivity contribution is 0.249. The van der Waals surface area contributed by atoms with Gasteiger partial charge in [-0.05, 0) is 48.1 Å². The minimum atomic E-state index is -3.54. The van der Waals surface area contributed by atoms with Gasteiger partial charge < -0.3 is 0 Å². The van der Waals surface area contributed by atoms with E-state index in [2.05, 4.69) is 19.1 Å². The molecule has 5 heteroatoms. The van der Waals surface area contributed by atoms with Crippen molar-refractivity contribution in [3.8, 4) is 0 Å². The predicted molar refractivity (Wildman–Crippen MR) is 88.2 cm³/mol. The van der Waals surface area contributed by atoms with Crippen LogP contribution in [0.2, 0.25) is 0 Å². The molecule has 1 aliphatic heterocycles. The molecule has 1 aliphatic rings. The summed E-state index contributed by atoms with van der Waals surface area (Å²) in [5, 5.41) is 0. The van der Waals surface area contributed by atoms with Gasteiger partial charge >= 0.3 is 0 Å². The van der Waals surface area contributed by atoms with Crippen molar-refractivity contribution in [3.63, 3.8) is 0 Å². The van der Waals surface area contributed by atoms with E-state index in [-0.39, 0.29) is 10.3 Å². The minimum Gasteiger partial charge on any atom is -0.207 e. The number of rotatable bonds is 3. The summed E-state index contributed by atoms with van der Waals surface area (Å²) >= 11 is 0. The average Bonchev–Trinajstić information content (AvgIpc) is 2.56. The van der Waals surface area contributed by atoms with Crippen molar-refractivity contribution in [1.82, 2.24) is 4.31 Å². The monoisotopic (exact) mass is 333 g/mol. The summed E-state index contributed by atoms with van der Waals surface area (Å²) in [7, 11) is -3.54. The van der Waals surface area contributed by atoms with Gasteiger partial charge in [0, 0.05) is 13.1 Å². The molecule has 2 aromatic carbocycles. The first-order chi connectivity index (χ1) is 10.9. The lowest BCUT2D eigenvalue weighted by Gasteiger charge is -2.39. The number of nitrogens with zero attached hydrogens (tertiary/aromatic N) is 1. The van der Waals surface area contributed by atoms with E-state index in [1.165, 1.54) is 34.1 Å². The summed E-state index contributed by atoms with van der Waals surface area (Å²) in [6.45, 7) is 3.14. The van der Waals surface area contributed by atoms with Gasteiger partial charge in [-0.25, -0.2) is 12.8 Å². The van der Waals surface area contributed by atoms with Crippen LogP contribution in [0.3, 0.4) is 0 Å². The van der Waals surface area contributed by atoms with Crippen molar-refractivity contribution in [2.24, 2.45) is 0 Å². The third kappa shape index (κ3) is 3.16. The largest absolute Gasteiger partial charge is 0.243 e. The molecule has 0 bridgehead atoms. The zero-order valence-corrected chi connectivity index (χ0v) is 13.9. The first kappa shape index (κ1) is 16.1. The van der Waals surface area contributed by atoms with E-state index >= 15 is 0 Å². The van der Waals surface area contributed by atoms with Gasteiger partial charge in [0.25, 0.3) is 0 Å². The molecule has 0 atom stereocenters. The van der Waals surface area contributed by atoms with Crippen molar-refractivity contribution in [2.45, 2.75) is 30.1 Å². The Labute approximate surface area is 136 Å². The zero-order valence-electron chi connectivity index (χ0n) is 13.1. The Morgan fingerprint density at radius 3 is 2.09 bits per heavy atom. The molecule has 3 rings (SSSR count). The van der Waals surface area contributed by atoms with Gasteiger partial charge in [0.2, 0.25) is 10.0 Å². The van der Waals surface area contributed by atoms with Crippen LogP contribution in [-0.2, 0) is 15.4 Å². The number of hydrogen-bond donors (Lipinski definition) is 0. The second kappa shape index (κ2) is 6.06. The summed E-state index contributed by atoms with van der Waals surface area (Å²) in [4.78, 5) is 0.155. The maximum atomic E-state index is 13.0. The van der Waals surface area contributed by atoms with Crippen molar-refractivity contribution in [1.29, 1.82) is 0 Å². The Morgan fingerprint density at radius 2 is 1.52 bits per heavy atom. The highest BCUT2D eigenvalue weighted by atomic mass is 32.2. The Bertz CT molecular complexity index is 764. The number of piperidine rings is 1. The first-order valence-corrected chi connectivity index (χ1v) is 9.17. The van der Waals surface area contributed by atoms with Crippen LogP contribution in [-0.4, -0.2) is 25.8 Å². The van der Waals surface area contributed by atoms with Gasteiger partial charge in [0.05, 0.1) is 4.90 Å². The fourth-order valence-electron chi connectivity index (χ4n) is 3.10. The molecule has 23 heavy (non-hydrogen) atoms. The van der Waals surface area contributed by atoms with E-state index in [0.717, 1.165) is 12.8 Å². The van der Waals surface area contributed by atoms with Crippen LogP contribution in [0.15, 0.2) is 59.5 Å². The number of benzene rings is 2. The molecule has 0 aliphatic carbocycles. The SMILES string of the molecule is CC1(c2ccccc2)CCN(S(=O)(=O)c2ccc(F)cc2)CC1. The predicted octanol–water partition coefficient (Wildman–Crippen LogP) is 3.57. The molecule has 122 valence electrons. The molecular formula is C18H20FNO2S. The van der Waals surface area contributed by atoms with Crippen LogP contribution in [0.4, 0.5) is 4.39 Å². The molecule has 0 spiro atoms. The molecular weight excluding hydrogens is 313 g/mol. The van der Waals surface area contributed by atoms with Crippen LogP contribution in [0.1, 0.15) is 25.3 Å². The smallest absolute Gasteiger partial charge is 0.207 e. The Kier molecular flexibility index (Phi) is 4.25. The van der Waals surface area contributed by atoms with Crippen LogP contribution in [0.25, 0.3) is 0 Å². The maximum absolute atomic E-state index is 13.0. The normalized spacial score (nSPS) is 18.7. The van der Waals surface area contributed by atoms with E-state index < -0.39 is 15.8 Å². The van der Waals surface area contributed by atoms with Gasteiger partial charge in [0.15, 0.2) is 0 Å². The third-order valence-corrected chi connectivity index (χ3v) is 6.66. The molecule has 0 radical (unpaired) electrons. The Hall–Kier alpha value is -1.72. The summed E-state index contributed by atoms with van der Waals surface area (Å²) < 4.78 is 39.8. The molecule has 1 fully saturated rings. The summed E-state index contributed by atoms with van der Waals surface area (Å²) in [5.74, 6) is -0.431. The standard InChI is InChI=1S/C18H20FNO2S/c1-18(15-5-3-2-4-6-15)11-13-20(14-12-18)23(21,22)17-9-7-16(19)8-10-17/h2-10H,11-14H2,1H3. The molecule has 0 aromatic heterocycles. The van der Waals surface area contributed by atoms with Crippen LogP contribution >= 0.6 is 0 Å². The summed E-state index contributed by atoms with van der Waals surface area (Å²) in [5.41, 5.74) is 1.25. The highest BCUT2D eigenvalue weighted by Gasteiger charge is 2.36. The van der Waals surface area contributed by atoms with Crippen LogP contribution in [0.5, 0.6) is 0 Å². The van der Waals surface area contributed by atoms with Crippen molar-refractivity contribution in [3.05, 3.63) is 66.0 Å². The molecule has 2 aromatic rings. The molecule has 1 heterocycles. The van der Waals surface area contributed by atoms with E-state index in [4.69, 9.17) is 0 Å². The number of halogens is 1. The van der Waals surface area contributed by atoms with Gasteiger partial charge in [-0.15, -0.1) is 0 Å². The van der Waals surface area contributed by atoms with Gasteiger partial charge in [-0.2, -0.15) is 4.31 Å². The average molecular weight is 333 g/mol. The highest BCUT2D eigenvalue weighted by molar-refractivity contribution is 7.89. The second-order valence-electron chi connectivity index (χ2n) is 6.28. The topological polar surface area (TPSA) is 37.4 Å². The summed E-state index contributed by atoms with van der Waals surface area (Å²) in [6.07, 6.45) is 1.55.